The summed E-state index contributed by atoms with van der Waals surface area (Å²) in [6, 6.07) is 0. The number of hydrogen-bond donors (Lipinski definition) is 1. The van der Waals surface area contributed by atoms with Gasteiger partial charge < -0.3 is 24.0 Å². The molecule has 0 heterocycles. The molecule has 0 fully saturated rings. The Bertz CT molecular complexity index is 529. The number of nitrogens with zero attached hydrogens (tertiary/aromatic N) is 2. The lowest BCUT2D eigenvalue weighted by molar-refractivity contribution is -0.904. The molecule has 0 spiro atoms. The number of hydrogen-bond acceptors (Lipinski definition) is 6. The van der Waals surface area contributed by atoms with Crippen LogP contribution in [0.3, 0.4) is 0 Å². The van der Waals surface area contributed by atoms with Gasteiger partial charge in [0, 0.05) is 0 Å². The highest BCUT2D eigenvalue weighted by Gasteiger charge is 2.11. The highest BCUT2D eigenvalue weighted by Crippen LogP contribution is 2.10. The van der Waals surface area contributed by atoms with Gasteiger partial charge in [0.2, 0.25) is 10.4 Å². The van der Waals surface area contributed by atoms with Gasteiger partial charge in [-0.05, 0) is 60.3 Å². The number of quaternary nitrogens is 2. The summed E-state index contributed by atoms with van der Waals surface area (Å²) < 4.78 is 33.4. The smallest absolute Gasteiger partial charge is 0.217 e. The normalized spacial score (nSPS) is 11.3. The van der Waals surface area contributed by atoms with E-state index in [2.05, 4.69) is 66.7 Å². The van der Waals surface area contributed by atoms with Crippen molar-refractivity contribution in [1.82, 2.24) is 0 Å². The standard InChI is InChI=1S/C12H25NO.2C7H18N.CH4O4S/c1-2-3-4-5-6-7-8-9-10-11-12(13)14;2*1-5-8(4,6-2)7-3;1-5-6(2,3)4/h2-11H2,1H3,(H2,13,14);2*5-7H2,1-4H3;1H3,(H,2,3,4)/q;2*+1;/p-2. The van der Waals surface area contributed by atoms with Gasteiger partial charge in [0.15, 0.2) is 0 Å². The summed E-state index contributed by atoms with van der Waals surface area (Å²) in [6.07, 6.45) is 11.8. The quantitative estimate of drug-likeness (QED) is 0.0668. The van der Waals surface area contributed by atoms with Crippen LogP contribution < -0.4 is 5.11 Å². The third-order valence-electron chi connectivity index (χ3n) is 7.29. The molecule has 0 aromatic carbocycles. The van der Waals surface area contributed by atoms with Crippen molar-refractivity contribution in [2.75, 3.05) is 60.5 Å². The van der Waals surface area contributed by atoms with E-state index in [4.69, 9.17) is 5.41 Å². The van der Waals surface area contributed by atoms with Crippen molar-refractivity contribution in [3.05, 3.63) is 0 Å². The van der Waals surface area contributed by atoms with Crippen molar-refractivity contribution in [1.29, 1.82) is 5.41 Å². The molecule has 36 heavy (non-hydrogen) atoms. The van der Waals surface area contributed by atoms with E-state index in [1.807, 2.05) is 0 Å². The molecule has 0 aromatic heterocycles. The molecule has 0 aliphatic heterocycles. The first-order chi connectivity index (χ1) is 16.7. The molecule has 1 N–H and O–H groups in total. The second-order valence-corrected chi connectivity index (χ2v) is 10.9. The Balaban J connectivity index is -0.000000201. The zero-order valence-electron chi connectivity index (χ0n) is 25.7. The van der Waals surface area contributed by atoms with Crippen LogP contribution in [0.15, 0.2) is 0 Å². The van der Waals surface area contributed by atoms with Crippen molar-refractivity contribution in [2.24, 2.45) is 0 Å². The fourth-order valence-electron chi connectivity index (χ4n) is 2.94. The second kappa shape index (κ2) is 27.3. The average Bonchev–Trinajstić information content (AvgIpc) is 2.87. The third kappa shape index (κ3) is 35.4. The van der Waals surface area contributed by atoms with Gasteiger partial charge in [-0.3, -0.25) is 4.18 Å². The minimum Gasteiger partial charge on any atom is -0.862 e. The fourth-order valence-corrected chi connectivity index (χ4v) is 2.94. The Kier molecular flexibility index (Phi) is 32.1. The first-order valence-electron chi connectivity index (χ1n) is 14.1. The maximum atomic E-state index is 10.3. The largest absolute Gasteiger partial charge is 0.862 e. The minimum atomic E-state index is -4.41. The van der Waals surface area contributed by atoms with Crippen LogP contribution in [-0.4, -0.2) is 88.3 Å². The van der Waals surface area contributed by atoms with Gasteiger partial charge >= 0.3 is 0 Å². The van der Waals surface area contributed by atoms with E-state index in [-0.39, 0.29) is 0 Å². The molecule has 0 saturated heterocycles. The molecule has 0 aromatic rings. The SMILES string of the molecule is CCCCCCCCCCCC(=N)[O-].CC[N+](C)(CC)CC.CC[N+](C)(CC)CC.COS(=O)(=O)[O-]. The summed E-state index contributed by atoms with van der Waals surface area (Å²) in [7, 11) is 0.979. The van der Waals surface area contributed by atoms with E-state index < -0.39 is 16.3 Å². The maximum Gasteiger partial charge on any atom is 0.217 e. The van der Waals surface area contributed by atoms with Gasteiger partial charge in [-0.15, -0.1) is 0 Å². The zero-order chi connectivity index (χ0) is 29.1. The van der Waals surface area contributed by atoms with E-state index in [0.717, 1.165) is 20.0 Å². The van der Waals surface area contributed by atoms with Crippen molar-refractivity contribution in [3.63, 3.8) is 0 Å². The Labute approximate surface area is 226 Å². The molecule has 222 valence electrons. The lowest BCUT2D eigenvalue weighted by atomic mass is 10.1. The third-order valence-corrected chi connectivity index (χ3v) is 7.70. The van der Waals surface area contributed by atoms with E-state index in [1.165, 1.54) is 93.2 Å². The Morgan fingerprint density at radius 3 is 1.08 bits per heavy atom. The summed E-state index contributed by atoms with van der Waals surface area (Å²) in [5.41, 5.74) is 0. The molecule has 0 saturated carbocycles. The van der Waals surface area contributed by atoms with Crippen LogP contribution in [0.25, 0.3) is 0 Å². The summed E-state index contributed by atoms with van der Waals surface area (Å²) in [6.45, 7) is 23.2. The Hall–Kier alpha value is -0.740. The van der Waals surface area contributed by atoms with Crippen LogP contribution in [0.5, 0.6) is 0 Å². The van der Waals surface area contributed by atoms with Crippen molar-refractivity contribution >= 4 is 16.3 Å². The monoisotopic (exact) mass is 541 g/mol. The average molecular weight is 542 g/mol. The summed E-state index contributed by atoms with van der Waals surface area (Å²) in [5, 5.41) is 17.0. The van der Waals surface area contributed by atoms with Crippen LogP contribution >= 0.6 is 0 Å². The number of nitrogens with one attached hydrogen (secondary N) is 1. The molecule has 0 aliphatic rings. The molecule has 0 radical (unpaired) electrons. The second-order valence-electron chi connectivity index (χ2n) is 9.71. The van der Waals surface area contributed by atoms with Crippen molar-refractivity contribution < 1.29 is 31.2 Å². The molecule has 0 amide bonds. The van der Waals surface area contributed by atoms with Crippen LogP contribution in [0.4, 0.5) is 0 Å². The first kappa shape index (κ1) is 42.4. The molecular weight excluding hydrogens is 478 g/mol. The summed E-state index contributed by atoms with van der Waals surface area (Å²) in [4.78, 5) is 0. The predicted molar refractivity (Wildman–Crippen MR) is 152 cm³/mol. The van der Waals surface area contributed by atoms with Crippen LogP contribution in [0, 0.1) is 5.41 Å². The van der Waals surface area contributed by atoms with E-state index >= 15 is 0 Å². The molecule has 9 heteroatoms. The molecule has 0 atom stereocenters. The molecule has 0 aliphatic carbocycles. The lowest BCUT2D eigenvalue weighted by Crippen LogP contribution is -2.42. The van der Waals surface area contributed by atoms with Gasteiger partial charge in [0.05, 0.1) is 60.5 Å². The highest BCUT2D eigenvalue weighted by molar-refractivity contribution is 7.80. The Morgan fingerprint density at radius 2 is 0.917 bits per heavy atom. The number of unbranched alkanes of at least 4 members (excludes halogenated alkanes) is 8. The van der Waals surface area contributed by atoms with Gasteiger partial charge in [-0.25, -0.2) is 8.42 Å². The van der Waals surface area contributed by atoms with E-state index in [1.54, 1.807) is 0 Å². The first-order valence-corrected chi connectivity index (χ1v) is 15.5. The molecule has 8 nitrogen and oxygen atoms in total. The topological polar surface area (TPSA) is 113 Å². The van der Waals surface area contributed by atoms with Crippen molar-refractivity contribution in [3.8, 4) is 0 Å². The van der Waals surface area contributed by atoms with E-state index in [0.29, 0.717) is 6.42 Å². The van der Waals surface area contributed by atoms with Gasteiger partial charge in [-0.1, -0.05) is 58.3 Å². The fraction of sp³-hybridized carbons (Fsp3) is 0.963. The van der Waals surface area contributed by atoms with E-state index in [9.17, 15) is 18.1 Å². The summed E-state index contributed by atoms with van der Waals surface area (Å²) in [5.74, 6) is -0.409. The van der Waals surface area contributed by atoms with Crippen LogP contribution in [0.1, 0.15) is 113 Å². The van der Waals surface area contributed by atoms with Gasteiger partial charge in [0.1, 0.15) is 0 Å². The highest BCUT2D eigenvalue weighted by atomic mass is 32.3. The molecular formula is C27H63N3O5S. The van der Waals surface area contributed by atoms with Crippen LogP contribution in [-0.2, 0) is 14.6 Å². The van der Waals surface area contributed by atoms with Gasteiger partial charge in [0.25, 0.3) is 0 Å². The molecule has 0 unspecified atom stereocenters. The predicted octanol–water partition coefficient (Wildman–Crippen LogP) is 5.32. The molecule has 0 rings (SSSR count). The van der Waals surface area contributed by atoms with Gasteiger partial charge in [-0.2, -0.15) is 0 Å². The number of rotatable bonds is 17. The molecule has 0 bridgehead atoms. The maximum absolute atomic E-state index is 10.3. The van der Waals surface area contributed by atoms with Crippen LogP contribution in [0.2, 0.25) is 0 Å². The Morgan fingerprint density at radius 1 is 0.667 bits per heavy atom. The summed E-state index contributed by atoms with van der Waals surface area (Å²) >= 11 is 0. The minimum absolute atomic E-state index is 0.409. The lowest BCUT2D eigenvalue weighted by Gasteiger charge is -2.30. The zero-order valence-corrected chi connectivity index (χ0v) is 26.5. The van der Waals surface area contributed by atoms with Crippen molar-refractivity contribution in [2.45, 2.75) is 113 Å².